The SMILES string of the molecule is CCCN(Cc1ccccc1)C(=O)Nc1cccc([N+](=O)[O-])c1. The zero-order valence-electron chi connectivity index (χ0n) is 12.9. The monoisotopic (exact) mass is 313 g/mol. The molecule has 6 nitrogen and oxygen atoms in total. The second-order valence-corrected chi connectivity index (χ2v) is 5.14. The normalized spacial score (nSPS) is 10.1. The molecule has 0 saturated heterocycles. The van der Waals surface area contributed by atoms with Crippen molar-refractivity contribution in [2.45, 2.75) is 19.9 Å². The Morgan fingerprint density at radius 1 is 1.17 bits per heavy atom. The lowest BCUT2D eigenvalue weighted by atomic mass is 10.2. The molecule has 0 radical (unpaired) electrons. The summed E-state index contributed by atoms with van der Waals surface area (Å²) in [7, 11) is 0. The summed E-state index contributed by atoms with van der Waals surface area (Å²) in [6.45, 7) is 3.10. The van der Waals surface area contributed by atoms with E-state index in [9.17, 15) is 14.9 Å². The van der Waals surface area contributed by atoms with Crippen molar-refractivity contribution in [3.63, 3.8) is 0 Å². The Morgan fingerprint density at radius 3 is 2.57 bits per heavy atom. The molecule has 0 heterocycles. The first-order chi connectivity index (χ1) is 11.1. The number of nitrogens with zero attached hydrogens (tertiary/aromatic N) is 2. The van der Waals surface area contributed by atoms with Crippen LogP contribution in [-0.4, -0.2) is 22.4 Å². The highest BCUT2D eigenvalue weighted by molar-refractivity contribution is 5.89. The fraction of sp³-hybridized carbons (Fsp3) is 0.235. The largest absolute Gasteiger partial charge is 0.322 e. The van der Waals surface area contributed by atoms with Crippen molar-refractivity contribution in [2.75, 3.05) is 11.9 Å². The molecule has 2 aromatic rings. The number of nitro groups is 1. The molecular formula is C17H19N3O3. The molecule has 0 atom stereocenters. The van der Waals surface area contributed by atoms with Crippen LogP contribution in [0.3, 0.4) is 0 Å². The molecule has 0 saturated carbocycles. The molecule has 2 amide bonds. The van der Waals surface area contributed by atoms with Crippen molar-refractivity contribution >= 4 is 17.4 Å². The van der Waals surface area contributed by atoms with Gasteiger partial charge >= 0.3 is 6.03 Å². The van der Waals surface area contributed by atoms with Gasteiger partial charge in [0.25, 0.3) is 5.69 Å². The van der Waals surface area contributed by atoms with Crippen LogP contribution in [0.25, 0.3) is 0 Å². The van der Waals surface area contributed by atoms with Crippen molar-refractivity contribution in [2.24, 2.45) is 0 Å². The van der Waals surface area contributed by atoms with E-state index in [-0.39, 0.29) is 11.7 Å². The van der Waals surface area contributed by atoms with Crippen molar-refractivity contribution < 1.29 is 9.72 Å². The van der Waals surface area contributed by atoms with Crippen LogP contribution in [0, 0.1) is 10.1 Å². The number of amides is 2. The molecule has 1 N–H and O–H groups in total. The zero-order valence-corrected chi connectivity index (χ0v) is 12.9. The highest BCUT2D eigenvalue weighted by Gasteiger charge is 2.14. The van der Waals surface area contributed by atoms with Crippen molar-refractivity contribution in [3.05, 3.63) is 70.3 Å². The van der Waals surface area contributed by atoms with Crippen LogP contribution in [0.1, 0.15) is 18.9 Å². The van der Waals surface area contributed by atoms with Gasteiger partial charge < -0.3 is 10.2 Å². The predicted octanol–water partition coefficient (Wildman–Crippen LogP) is 4.04. The fourth-order valence-corrected chi connectivity index (χ4v) is 2.23. The third-order valence-electron chi connectivity index (χ3n) is 3.31. The Hall–Kier alpha value is -2.89. The molecule has 0 fully saturated rings. The summed E-state index contributed by atoms with van der Waals surface area (Å²) in [6.07, 6.45) is 0.829. The third kappa shape index (κ3) is 4.81. The van der Waals surface area contributed by atoms with E-state index in [1.54, 1.807) is 17.0 Å². The average molecular weight is 313 g/mol. The van der Waals surface area contributed by atoms with Crippen LogP contribution < -0.4 is 5.32 Å². The van der Waals surface area contributed by atoms with E-state index in [0.717, 1.165) is 12.0 Å². The van der Waals surface area contributed by atoms with E-state index in [1.165, 1.54) is 12.1 Å². The average Bonchev–Trinajstić information content (AvgIpc) is 2.55. The standard InChI is InChI=1S/C17H19N3O3/c1-2-11-19(13-14-7-4-3-5-8-14)17(21)18-15-9-6-10-16(12-15)20(22)23/h3-10,12H,2,11,13H2,1H3,(H,18,21). The van der Waals surface area contributed by atoms with E-state index < -0.39 is 4.92 Å². The zero-order chi connectivity index (χ0) is 16.7. The number of hydrogen-bond acceptors (Lipinski definition) is 3. The summed E-state index contributed by atoms with van der Waals surface area (Å²) in [5.74, 6) is 0. The van der Waals surface area contributed by atoms with Gasteiger partial charge in [-0.1, -0.05) is 43.3 Å². The molecule has 0 spiro atoms. The number of hydrogen-bond donors (Lipinski definition) is 1. The van der Waals surface area contributed by atoms with Crippen LogP contribution >= 0.6 is 0 Å². The Bertz CT molecular complexity index is 674. The molecule has 0 aliphatic carbocycles. The summed E-state index contributed by atoms with van der Waals surface area (Å²) in [4.78, 5) is 24.4. The smallest absolute Gasteiger partial charge is 0.320 e. The Labute approximate surface area is 134 Å². The van der Waals surface area contributed by atoms with Gasteiger partial charge in [-0.15, -0.1) is 0 Å². The molecule has 0 aliphatic heterocycles. The Morgan fingerprint density at radius 2 is 1.91 bits per heavy atom. The van der Waals surface area contributed by atoms with Gasteiger partial charge in [-0.05, 0) is 18.1 Å². The topological polar surface area (TPSA) is 75.5 Å². The van der Waals surface area contributed by atoms with Gasteiger partial charge in [0, 0.05) is 30.9 Å². The van der Waals surface area contributed by atoms with Gasteiger partial charge in [0.1, 0.15) is 0 Å². The van der Waals surface area contributed by atoms with Gasteiger partial charge in [0.2, 0.25) is 0 Å². The number of carbonyl (C=O) groups is 1. The molecular weight excluding hydrogens is 294 g/mol. The number of benzene rings is 2. The highest BCUT2D eigenvalue weighted by Crippen LogP contribution is 2.18. The number of non-ortho nitro benzene ring substituents is 1. The summed E-state index contributed by atoms with van der Waals surface area (Å²) in [6, 6.07) is 15.4. The molecule has 0 unspecified atom stereocenters. The molecule has 0 aromatic heterocycles. The van der Waals surface area contributed by atoms with E-state index in [2.05, 4.69) is 5.32 Å². The quantitative estimate of drug-likeness (QED) is 0.646. The molecule has 2 aromatic carbocycles. The van der Waals surface area contributed by atoms with E-state index >= 15 is 0 Å². The van der Waals surface area contributed by atoms with Crippen LogP contribution in [0.5, 0.6) is 0 Å². The Kier molecular flexibility index (Phi) is 5.68. The van der Waals surface area contributed by atoms with Gasteiger partial charge in [0.15, 0.2) is 0 Å². The van der Waals surface area contributed by atoms with Crippen LogP contribution in [0.15, 0.2) is 54.6 Å². The number of urea groups is 1. The first-order valence-electron chi connectivity index (χ1n) is 7.44. The minimum atomic E-state index is -0.483. The van der Waals surface area contributed by atoms with E-state index in [0.29, 0.717) is 18.8 Å². The maximum Gasteiger partial charge on any atom is 0.322 e. The lowest BCUT2D eigenvalue weighted by Gasteiger charge is -2.22. The number of rotatable bonds is 6. The van der Waals surface area contributed by atoms with Gasteiger partial charge in [-0.2, -0.15) is 0 Å². The fourth-order valence-electron chi connectivity index (χ4n) is 2.23. The van der Waals surface area contributed by atoms with Crippen LogP contribution in [-0.2, 0) is 6.54 Å². The van der Waals surface area contributed by atoms with Crippen molar-refractivity contribution in [3.8, 4) is 0 Å². The van der Waals surface area contributed by atoms with E-state index in [4.69, 9.17) is 0 Å². The first-order valence-corrected chi connectivity index (χ1v) is 7.44. The summed E-state index contributed by atoms with van der Waals surface area (Å²) >= 11 is 0. The molecule has 0 bridgehead atoms. The summed E-state index contributed by atoms with van der Waals surface area (Å²) in [5, 5.41) is 13.5. The minimum absolute atomic E-state index is 0.0482. The van der Waals surface area contributed by atoms with Crippen molar-refractivity contribution in [1.82, 2.24) is 4.90 Å². The molecule has 120 valence electrons. The number of nitrogens with one attached hydrogen (secondary N) is 1. The number of nitro benzene ring substituents is 1. The Balaban J connectivity index is 2.09. The minimum Gasteiger partial charge on any atom is -0.320 e. The molecule has 0 aliphatic rings. The number of anilines is 1. The van der Waals surface area contributed by atoms with E-state index in [1.807, 2.05) is 37.3 Å². The lowest BCUT2D eigenvalue weighted by molar-refractivity contribution is -0.384. The van der Waals surface area contributed by atoms with Crippen LogP contribution in [0.2, 0.25) is 0 Å². The third-order valence-corrected chi connectivity index (χ3v) is 3.31. The maximum atomic E-state index is 12.4. The number of carbonyl (C=O) groups excluding carboxylic acids is 1. The summed E-state index contributed by atoms with van der Waals surface area (Å²) < 4.78 is 0. The van der Waals surface area contributed by atoms with Gasteiger partial charge in [0.05, 0.1) is 4.92 Å². The highest BCUT2D eigenvalue weighted by atomic mass is 16.6. The summed E-state index contributed by atoms with van der Waals surface area (Å²) in [5.41, 5.74) is 1.40. The predicted molar refractivity (Wildman–Crippen MR) is 89.3 cm³/mol. The molecule has 6 heteroatoms. The van der Waals surface area contributed by atoms with Crippen molar-refractivity contribution in [1.29, 1.82) is 0 Å². The maximum absolute atomic E-state index is 12.4. The molecule has 23 heavy (non-hydrogen) atoms. The molecule has 2 rings (SSSR count). The second-order valence-electron chi connectivity index (χ2n) is 5.14. The first kappa shape index (κ1) is 16.5. The lowest BCUT2D eigenvalue weighted by Crippen LogP contribution is -2.35. The van der Waals surface area contributed by atoms with Gasteiger partial charge in [-0.25, -0.2) is 4.79 Å². The van der Waals surface area contributed by atoms with Gasteiger partial charge in [-0.3, -0.25) is 10.1 Å². The van der Waals surface area contributed by atoms with Crippen LogP contribution in [0.4, 0.5) is 16.2 Å². The second kappa shape index (κ2) is 7.93.